The van der Waals surface area contributed by atoms with Crippen molar-refractivity contribution in [3.63, 3.8) is 0 Å². The first-order valence-electron chi connectivity index (χ1n) is 7.06. The lowest BCUT2D eigenvalue weighted by molar-refractivity contribution is -0.114. The van der Waals surface area contributed by atoms with E-state index in [1.54, 1.807) is 6.07 Å². The molecule has 0 aromatic heterocycles. The van der Waals surface area contributed by atoms with Crippen molar-refractivity contribution in [3.05, 3.63) is 47.8 Å². The van der Waals surface area contributed by atoms with Crippen molar-refractivity contribution in [3.8, 4) is 11.5 Å². The maximum absolute atomic E-state index is 14.1. The number of carbonyl (C=O) groups excluding carboxylic acids is 1. The van der Waals surface area contributed by atoms with Crippen LogP contribution in [-0.2, 0) is 11.3 Å². The van der Waals surface area contributed by atoms with Gasteiger partial charge in [-0.3, -0.25) is 4.79 Å². The van der Waals surface area contributed by atoms with Gasteiger partial charge < -0.3 is 20.1 Å². The molecular formula is C17H19FN2O3. The molecule has 0 radical (unpaired) electrons. The van der Waals surface area contributed by atoms with Gasteiger partial charge in [0.05, 0.1) is 19.9 Å². The molecule has 0 spiro atoms. The average Bonchev–Trinajstić information content (AvgIpc) is 2.54. The Labute approximate surface area is 134 Å². The van der Waals surface area contributed by atoms with E-state index in [1.165, 1.54) is 33.3 Å². The van der Waals surface area contributed by atoms with Gasteiger partial charge >= 0.3 is 0 Å². The van der Waals surface area contributed by atoms with Crippen LogP contribution >= 0.6 is 0 Å². The number of rotatable bonds is 6. The number of halogens is 1. The highest BCUT2D eigenvalue weighted by molar-refractivity contribution is 5.89. The van der Waals surface area contributed by atoms with E-state index in [2.05, 4.69) is 10.6 Å². The van der Waals surface area contributed by atoms with Crippen LogP contribution in [0, 0.1) is 5.82 Å². The molecule has 0 unspecified atom stereocenters. The molecule has 0 saturated heterocycles. The van der Waals surface area contributed by atoms with E-state index < -0.39 is 5.82 Å². The monoisotopic (exact) mass is 318 g/mol. The van der Waals surface area contributed by atoms with Crippen LogP contribution in [-0.4, -0.2) is 20.1 Å². The number of nitrogens with one attached hydrogen (secondary N) is 2. The number of benzene rings is 2. The lowest BCUT2D eigenvalue weighted by Gasteiger charge is -2.14. The second kappa shape index (κ2) is 7.49. The van der Waals surface area contributed by atoms with Crippen LogP contribution in [0.4, 0.5) is 15.8 Å². The highest BCUT2D eigenvalue weighted by Crippen LogP contribution is 2.32. The maximum atomic E-state index is 14.1. The zero-order valence-electron chi connectivity index (χ0n) is 13.3. The molecular weight excluding hydrogens is 299 g/mol. The molecule has 0 aliphatic carbocycles. The zero-order chi connectivity index (χ0) is 16.8. The van der Waals surface area contributed by atoms with E-state index in [0.29, 0.717) is 29.4 Å². The zero-order valence-corrected chi connectivity index (χ0v) is 13.3. The van der Waals surface area contributed by atoms with E-state index >= 15 is 0 Å². The third kappa shape index (κ3) is 4.12. The molecule has 23 heavy (non-hydrogen) atoms. The quantitative estimate of drug-likeness (QED) is 0.857. The third-order valence-corrected chi connectivity index (χ3v) is 3.27. The smallest absolute Gasteiger partial charge is 0.221 e. The lowest BCUT2D eigenvalue weighted by atomic mass is 10.1. The number of carbonyl (C=O) groups is 1. The second-order valence-electron chi connectivity index (χ2n) is 4.88. The topological polar surface area (TPSA) is 59.6 Å². The van der Waals surface area contributed by atoms with Crippen molar-refractivity contribution in [2.24, 2.45) is 0 Å². The molecule has 122 valence electrons. The van der Waals surface area contributed by atoms with Gasteiger partial charge in [0.1, 0.15) is 5.82 Å². The number of anilines is 2. The number of methoxy groups -OCH3 is 2. The summed E-state index contributed by atoms with van der Waals surface area (Å²) in [6, 6.07) is 10.1. The van der Waals surface area contributed by atoms with Crippen molar-refractivity contribution < 1.29 is 18.7 Å². The molecule has 0 bridgehead atoms. The highest BCUT2D eigenvalue weighted by Gasteiger charge is 2.11. The van der Waals surface area contributed by atoms with Gasteiger partial charge in [0.15, 0.2) is 11.5 Å². The Morgan fingerprint density at radius 1 is 1.09 bits per heavy atom. The van der Waals surface area contributed by atoms with Crippen LogP contribution in [0.1, 0.15) is 12.5 Å². The van der Waals surface area contributed by atoms with Gasteiger partial charge in [0.25, 0.3) is 0 Å². The molecule has 2 rings (SSSR count). The number of ether oxygens (including phenoxy) is 2. The van der Waals surface area contributed by atoms with Crippen LogP contribution in [0.5, 0.6) is 11.5 Å². The van der Waals surface area contributed by atoms with Crippen molar-refractivity contribution in [1.82, 2.24) is 0 Å². The first kappa shape index (κ1) is 16.6. The maximum Gasteiger partial charge on any atom is 0.221 e. The van der Waals surface area contributed by atoms with Gasteiger partial charge in [0.2, 0.25) is 5.91 Å². The van der Waals surface area contributed by atoms with Gasteiger partial charge in [-0.05, 0) is 11.6 Å². The summed E-state index contributed by atoms with van der Waals surface area (Å²) >= 11 is 0. The van der Waals surface area contributed by atoms with Gasteiger partial charge in [-0.15, -0.1) is 0 Å². The Morgan fingerprint density at radius 3 is 2.39 bits per heavy atom. The van der Waals surface area contributed by atoms with E-state index in [9.17, 15) is 9.18 Å². The Balaban J connectivity index is 2.20. The fourth-order valence-corrected chi connectivity index (χ4v) is 2.17. The van der Waals surface area contributed by atoms with Gasteiger partial charge in [-0.25, -0.2) is 4.39 Å². The number of hydrogen-bond donors (Lipinski definition) is 2. The predicted molar refractivity (Wildman–Crippen MR) is 87.6 cm³/mol. The fourth-order valence-electron chi connectivity index (χ4n) is 2.17. The summed E-state index contributed by atoms with van der Waals surface area (Å²) in [5.41, 5.74) is 1.82. The van der Waals surface area contributed by atoms with Crippen LogP contribution in [0.3, 0.4) is 0 Å². The number of hydrogen-bond acceptors (Lipinski definition) is 4. The van der Waals surface area contributed by atoms with Crippen LogP contribution in [0.25, 0.3) is 0 Å². The molecule has 0 fully saturated rings. The number of para-hydroxylation sites is 1. The Kier molecular flexibility index (Phi) is 5.41. The average molecular weight is 318 g/mol. The van der Waals surface area contributed by atoms with Crippen molar-refractivity contribution in [1.29, 1.82) is 0 Å². The van der Waals surface area contributed by atoms with E-state index in [-0.39, 0.29) is 5.91 Å². The first-order chi connectivity index (χ1) is 11.0. The molecule has 2 N–H and O–H groups in total. The van der Waals surface area contributed by atoms with Crippen molar-refractivity contribution >= 4 is 17.3 Å². The lowest BCUT2D eigenvalue weighted by Crippen LogP contribution is -2.10. The molecule has 0 saturated carbocycles. The van der Waals surface area contributed by atoms with Gasteiger partial charge in [-0.2, -0.15) is 0 Å². The molecule has 1 amide bonds. The highest BCUT2D eigenvalue weighted by atomic mass is 19.1. The van der Waals surface area contributed by atoms with Crippen LogP contribution in [0.15, 0.2) is 36.4 Å². The van der Waals surface area contributed by atoms with E-state index in [1.807, 2.05) is 18.2 Å². The second-order valence-corrected chi connectivity index (χ2v) is 4.88. The van der Waals surface area contributed by atoms with Crippen molar-refractivity contribution in [2.45, 2.75) is 13.5 Å². The van der Waals surface area contributed by atoms with Crippen LogP contribution in [0.2, 0.25) is 0 Å². The van der Waals surface area contributed by atoms with E-state index in [4.69, 9.17) is 9.47 Å². The summed E-state index contributed by atoms with van der Waals surface area (Å²) in [6.07, 6.45) is 0. The summed E-state index contributed by atoms with van der Waals surface area (Å²) < 4.78 is 24.3. The minimum atomic E-state index is -0.445. The molecule has 2 aromatic rings. The van der Waals surface area contributed by atoms with E-state index in [0.717, 1.165) is 5.56 Å². The first-order valence-corrected chi connectivity index (χ1v) is 7.06. The van der Waals surface area contributed by atoms with Crippen molar-refractivity contribution in [2.75, 3.05) is 24.9 Å². The summed E-state index contributed by atoms with van der Waals surface area (Å²) in [5.74, 6) is 0.162. The largest absolute Gasteiger partial charge is 0.493 e. The SMILES string of the molecule is COc1cc(F)c(NCc2ccccc2NC(C)=O)cc1OC. The Morgan fingerprint density at radius 2 is 1.74 bits per heavy atom. The molecule has 0 heterocycles. The molecule has 0 aliphatic rings. The Bertz CT molecular complexity index is 704. The van der Waals surface area contributed by atoms with Gasteiger partial charge in [-0.1, -0.05) is 18.2 Å². The fraction of sp³-hybridized carbons (Fsp3) is 0.235. The molecule has 0 aliphatic heterocycles. The minimum absolute atomic E-state index is 0.158. The standard InChI is InChI=1S/C17H19FN2O3/c1-11(21)20-14-7-5-4-6-12(14)10-19-15-9-17(23-3)16(22-2)8-13(15)18/h4-9,19H,10H2,1-3H3,(H,20,21). The number of amides is 1. The van der Waals surface area contributed by atoms with Crippen LogP contribution < -0.4 is 20.1 Å². The summed E-state index contributed by atoms with van der Waals surface area (Å²) in [7, 11) is 2.94. The normalized spacial score (nSPS) is 10.1. The molecule has 0 atom stereocenters. The Hall–Kier alpha value is -2.76. The summed E-state index contributed by atoms with van der Waals surface area (Å²) in [4.78, 5) is 11.2. The minimum Gasteiger partial charge on any atom is -0.493 e. The summed E-state index contributed by atoms with van der Waals surface area (Å²) in [5, 5.41) is 5.75. The molecule has 5 nitrogen and oxygen atoms in total. The predicted octanol–water partition coefficient (Wildman–Crippen LogP) is 3.41. The molecule has 6 heteroatoms. The molecule has 2 aromatic carbocycles. The third-order valence-electron chi connectivity index (χ3n) is 3.27. The summed E-state index contributed by atoms with van der Waals surface area (Å²) in [6.45, 7) is 1.79. The van der Waals surface area contributed by atoms with Gasteiger partial charge in [0, 0.05) is 31.3 Å².